The molecule has 1 aromatic rings. The van der Waals surface area contributed by atoms with Gasteiger partial charge in [0.15, 0.2) is 0 Å². The Bertz CT molecular complexity index is 503. The van der Waals surface area contributed by atoms with Crippen molar-refractivity contribution in [2.45, 2.75) is 19.9 Å². The van der Waals surface area contributed by atoms with E-state index in [4.69, 9.17) is 5.11 Å². The third kappa shape index (κ3) is 4.61. The summed E-state index contributed by atoms with van der Waals surface area (Å²) in [5.41, 5.74) is 1.68. The highest BCUT2D eigenvalue weighted by molar-refractivity contribution is 9.10. The first-order chi connectivity index (χ1) is 9.35. The van der Waals surface area contributed by atoms with Gasteiger partial charge in [0.05, 0.1) is 0 Å². The standard InChI is InChI=1S/C14H19BrN2O3/c1-4-11(14(19)20)13(18)16-10-6-5-9(8-17(2)3)12(15)7-10/h5-7,11H,4,8H2,1-3H3,(H,16,18)(H,19,20). The second kappa shape index (κ2) is 7.40. The Morgan fingerprint density at radius 3 is 2.50 bits per heavy atom. The number of aliphatic carboxylic acids is 1. The molecule has 0 fully saturated rings. The number of anilines is 1. The first-order valence-corrected chi connectivity index (χ1v) is 7.11. The molecule has 2 N–H and O–H groups in total. The zero-order valence-corrected chi connectivity index (χ0v) is 13.4. The Morgan fingerprint density at radius 1 is 1.40 bits per heavy atom. The van der Waals surface area contributed by atoms with Crippen LogP contribution >= 0.6 is 15.9 Å². The zero-order chi connectivity index (χ0) is 15.3. The average molecular weight is 343 g/mol. The topological polar surface area (TPSA) is 69.6 Å². The van der Waals surface area contributed by atoms with Crippen LogP contribution in [-0.4, -0.2) is 36.0 Å². The molecule has 5 nitrogen and oxygen atoms in total. The van der Waals surface area contributed by atoms with Crippen molar-refractivity contribution >= 4 is 33.5 Å². The molecule has 0 saturated carbocycles. The minimum absolute atomic E-state index is 0.265. The second-order valence-corrected chi connectivity index (χ2v) is 5.69. The quantitative estimate of drug-likeness (QED) is 0.779. The van der Waals surface area contributed by atoms with Crippen molar-refractivity contribution < 1.29 is 14.7 Å². The molecule has 0 saturated heterocycles. The van der Waals surface area contributed by atoms with Gasteiger partial charge in [-0.2, -0.15) is 0 Å². The molecule has 0 heterocycles. The van der Waals surface area contributed by atoms with Crippen LogP contribution in [0.2, 0.25) is 0 Å². The second-order valence-electron chi connectivity index (χ2n) is 4.83. The van der Waals surface area contributed by atoms with Crippen molar-refractivity contribution in [3.63, 3.8) is 0 Å². The highest BCUT2D eigenvalue weighted by Crippen LogP contribution is 2.23. The van der Waals surface area contributed by atoms with Crippen molar-refractivity contribution in [1.82, 2.24) is 4.90 Å². The van der Waals surface area contributed by atoms with Crippen molar-refractivity contribution in [2.75, 3.05) is 19.4 Å². The number of carboxylic acid groups (broad SMARTS) is 1. The summed E-state index contributed by atoms with van der Waals surface area (Å²) in [6.45, 7) is 2.45. The van der Waals surface area contributed by atoms with Crippen LogP contribution in [0.3, 0.4) is 0 Å². The molecular formula is C14H19BrN2O3. The number of amides is 1. The maximum atomic E-state index is 11.8. The van der Waals surface area contributed by atoms with Gasteiger partial charge in [0.1, 0.15) is 5.92 Å². The monoisotopic (exact) mass is 342 g/mol. The van der Waals surface area contributed by atoms with E-state index in [0.717, 1.165) is 16.6 Å². The maximum absolute atomic E-state index is 11.8. The van der Waals surface area contributed by atoms with E-state index in [1.165, 1.54) is 0 Å². The van der Waals surface area contributed by atoms with Crippen LogP contribution in [0.4, 0.5) is 5.69 Å². The molecule has 1 rings (SSSR count). The van der Waals surface area contributed by atoms with E-state index in [1.807, 2.05) is 25.1 Å². The van der Waals surface area contributed by atoms with Crippen LogP contribution in [0.5, 0.6) is 0 Å². The fourth-order valence-electron chi connectivity index (χ4n) is 1.80. The number of hydrogen-bond donors (Lipinski definition) is 2. The largest absolute Gasteiger partial charge is 0.481 e. The number of hydrogen-bond acceptors (Lipinski definition) is 3. The molecule has 20 heavy (non-hydrogen) atoms. The molecule has 1 unspecified atom stereocenters. The molecule has 0 aliphatic heterocycles. The number of nitrogens with one attached hydrogen (secondary N) is 1. The molecule has 0 aromatic heterocycles. The van der Waals surface area contributed by atoms with Gasteiger partial charge in [-0.3, -0.25) is 9.59 Å². The number of halogens is 1. The van der Waals surface area contributed by atoms with E-state index >= 15 is 0 Å². The smallest absolute Gasteiger partial charge is 0.316 e. The molecule has 0 spiro atoms. The van der Waals surface area contributed by atoms with E-state index in [0.29, 0.717) is 5.69 Å². The lowest BCUT2D eigenvalue weighted by Gasteiger charge is -2.14. The molecule has 6 heteroatoms. The zero-order valence-electron chi connectivity index (χ0n) is 11.8. The summed E-state index contributed by atoms with van der Waals surface area (Å²) >= 11 is 3.45. The third-order valence-electron chi connectivity index (χ3n) is 2.83. The highest BCUT2D eigenvalue weighted by atomic mass is 79.9. The Balaban J connectivity index is 2.81. The van der Waals surface area contributed by atoms with E-state index < -0.39 is 17.8 Å². The summed E-state index contributed by atoms with van der Waals surface area (Å²) in [6, 6.07) is 5.46. The Morgan fingerprint density at radius 2 is 2.05 bits per heavy atom. The Labute approximate surface area is 127 Å². The van der Waals surface area contributed by atoms with Gasteiger partial charge in [-0.15, -0.1) is 0 Å². The van der Waals surface area contributed by atoms with Gasteiger partial charge in [0.2, 0.25) is 5.91 Å². The first kappa shape index (κ1) is 16.7. The lowest BCUT2D eigenvalue weighted by Crippen LogP contribution is -2.28. The summed E-state index contributed by atoms with van der Waals surface area (Å²) in [7, 11) is 3.95. The number of nitrogens with zero attached hydrogens (tertiary/aromatic N) is 1. The minimum Gasteiger partial charge on any atom is -0.481 e. The molecule has 110 valence electrons. The third-order valence-corrected chi connectivity index (χ3v) is 3.57. The lowest BCUT2D eigenvalue weighted by atomic mass is 10.1. The summed E-state index contributed by atoms with van der Waals surface area (Å²) in [5, 5.41) is 11.6. The first-order valence-electron chi connectivity index (χ1n) is 6.32. The summed E-state index contributed by atoms with van der Waals surface area (Å²) < 4.78 is 0.882. The number of carbonyl (C=O) groups is 2. The van der Waals surface area contributed by atoms with E-state index in [2.05, 4.69) is 21.2 Å². The summed E-state index contributed by atoms with van der Waals surface area (Å²) in [4.78, 5) is 24.8. The predicted octanol–water partition coefficient (Wildman–Crippen LogP) is 2.56. The molecule has 1 amide bonds. The van der Waals surface area contributed by atoms with Gasteiger partial charge < -0.3 is 15.3 Å². The molecule has 0 aliphatic rings. The van der Waals surface area contributed by atoms with Crippen LogP contribution in [0.15, 0.2) is 22.7 Å². The molecule has 0 bridgehead atoms. The highest BCUT2D eigenvalue weighted by Gasteiger charge is 2.24. The summed E-state index contributed by atoms with van der Waals surface area (Å²) in [5.74, 6) is -2.62. The fraction of sp³-hybridized carbons (Fsp3) is 0.429. The van der Waals surface area contributed by atoms with Crippen LogP contribution in [0.1, 0.15) is 18.9 Å². The molecule has 1 aromatic carbocycles. The summed E-state index contributed by atoms with van der Waals surface area (Å²) in [6.07, 6.45) is 0.265. The van der Waals surface area contributed by atoms with Crippen LogP contribution in [0.25, 0.3) is 0 Å². The normalized spacial score (nSPS) is 12.2. The lowest BCUT2D eigenvalue weighted by molar-refractivity contribution is -0.145. The van der Waals surface area contributed by atoms with Gasteiger partial charge in [-0.25, -0.2) is 0 Å². The van der Waals surface area contributed by atoms with Gasteiger partial charge in [0.25, 0.3) is 0 Å². The Hall–Kier alpha value is -1.40. The van der Waals surface area contributed by atoms with Crippen molar-refractivity contribution in [1.29, 1.82) is 0 Å². The molecular weight excluding hydrogens is 324 g/mol. The minimum atomic E-state index is -1.10. The number of benzene rings is 1. The predicted molar refractivity (Wildman–Crippen MR) is 81.6 cm³/mol. The van der Waals surface area contributed by atoms with Crippen molar-refractivity contribution in [3.8, 4) is 0 Å². The SMILES string of the molecule is CCC(C(=O)O)C(=O)Nc1ccc(CN(C)C)c(Br)c1. The molecule has 0 radical (unpaired) electrons. The van der Waals surface area contributed by atoms with Gasteiger partial charge in [-0.05, 0) is 38.2 Å². The van der Waals surface area contributed by atoms with E-state index in [9.17, 15) is 9.59 Å². The number of carbonyl (C=O) groups excluding carboxylic acids is 1. The van der Waals surface area contributed by atoms with Crippen LogP contribution < -0.4 is 5.32 Å². The van der Waals surface area contributed by atoms with E-state index in [-0.39, 0.29) is 6.42 Å². The Kier molecular flexibility index (Phi) is 6.16. The van der Waals surface area contributed by atoms with Gasteiger partial charge in [0, 0.05) is 16.7 Å². The fourth-order valence-corrected chi connectivity index (χ4v) is 2.30. The van der Waals surface area contributed by atoms with Gasteiger partial charge >= 0.3 is 5.97 Å². The van der Waals surface area contributed by atoms with Crippen molar-refractivity contribution in [3.05, 3.63) is 28.2 Å². The maximum Gasteiger partial charge on any atom is 0.316 e. The number of carboxylic acids is 1. The van der Waals surface area contributed by atoms with Crippen LogP contribution in [0, 0.1) is 5.92 Å². The number of rotatable bonds is 6. The van der Waals surface area contributed by atoms with Gasteiger partial charge in [-0.1, -0.05) is 28.9 Å². The molecule has 1 atom stereocenters. The average Bonchev–Trinajstić information content (AvgIpc) is 2.32. The van der Waals surface area contributed by atoms with E-state index in [1.54, 1.807) is 19.1 Å². The van der Waals surface area contributed by atoms with Crippen molar-refractivity contribution in [2.24, 2.45) is 5.92 Å². The van der Waals surface area contributed by atoms with Crippen LogP contribution in [-0.2, 0) is 16.1 Å². The molecule has 0 aliphatic carbocycles.